The first-order valence-corrected chi connectivity index (χ1v) is 15.4. The molecule has 0 spiro atoms. The number of aliphatic hydroxyl groups excluding tert-OH is 2. The van der Waals surface area contributed by atoms with Crippen LogP contribution in [0.25, 0.3) is 24.3 Å². The Morgan fingerprint density at radius 3 is 0.843 bits per heavy atom. The van der Waals surface area contributed by atoms with E-state index in [1.165, 1.54) is 36.5 Å². The molecule has 0 atom stereocenters. The number of carbonyl (C=O) groups excluding carboxylic acids is 2. The van der Waals surface area contributed by atoms with E-state index in [9.17, 15) is 19.8 Å². The van der Waals surface area contributed by atoms with Crippen LogP contribution < -0.4 is 18.9 Å². The molecule has 2 N–H and O–H groups in total. The van der Waals surface area contributed by atoms with Crippen molar-refractivity contribution < 1.29 is 58.2 Å². The number of ketones is 2. The molecule has 0 saturated carbocycles. The van der Waals surface area contributed by atoms with Gasteiger partial charge in [-0.25, -0.2) is 0 Å². The SMILES string of the molecule is COc1ccc(/C=C/C(=O)/C=C(O)/C=C/c2ccc(OC)cc2)cc1.COc1ccc(/C=C/C(=O)/C=C(O)/C=C/c2ccc(OC)cc2)cc1.[Zn]. The van der Waals surface area contributed by atoms with Crippen LogP contribution in [0.15, 0.2) is 145 Å². The Morgan fingerprint density at radius 1 is 0.412 bits per heavy atom. The van der Waals surface area contributed by atoms with E-state index in [0.717, 1.165) is 45.3 Å². The molecule has 0 aliphatic rings. The van der Waals surface area contributed by atoms with Crippen LogP contribution in [0.2, 0.25) is 0 Å². The van der Waals surface area contributed by atoms with Crippen molar-refractivity contribution in [2.24, 2.45) is 0 Å². The van der Waals surface area contributed by atoms with E-state index in [2.05, 4.69) is 0 Å². The number of allylic oxidation sites excluding steroid dienone is 6. The van der Waals surface area contributed by atoms with Gasteiger partial charge in [0, 0.05) is 31.6 Å². The third-order valence-electron chi connectivity index (χ3n) is 6.82. The van der Waals surface area contributed by atoms with E-state index in [4.69, 9.17) is 18.9 Å². The number of methoxy groups -OCH3 is 4. The maximum Gasteiger partial charge on any atom is 0.182 e. The van der Waals surface area contributed by atoms with Crippen molar-refractivity contribution in [3.05, 3.63) is 167 Å². The maximum atomic E-state index is 11.8. The smallest absolute Gasteiger partial charge is 0.182 e. The molecule has 0 radical (unpaired) electrons. The second-order valence-corrected chi connectivity index (χ2v) is 10.4. The van der Waals surface area contributed by atoms with Gasteiger partial charge in [-0.2, -0.15) is 0 Å². The molecule has 0 heterocycles. The van der Waals surface area contributed by atoms with Gasteiger partial charge in [-0.1, -0.05) is 72.8 Å². The fourth-order valence-electron chi connectivity index (χ4n) is 4.06. The van der Waals surface area contributed by atoms with E-state index in [0.29, 0.717) is 0 Å². The van der Waals surface area contributed by atoms with Gasteiger partial charge in [-0.3, -0.25) is 9.59 Å². The Hall–Kier alpha value is -5.92. The fraction of sp³-hybridized carbons (Fsp3) is 0.0952. The van der Waals surface area contributed by atoms with E-state index in [1.54, 1.807) is 52.7 Å². The molecule has 0 saturated heterocycles. The molecule has 258 valence electrons. The molecule has 9 heteroatoms. The molecule has 4 aromatic carbocycles. The van der Waals surface area contributed by atoms with Crippen LogP contribution in [0.1, 0.15) is 22.3 Å². The van der Waals surface area contributed by atoms with Gasteiger partial charge >= 0.3 is 0 Å². The number of aliphatic hydroxyl groups is 2. The summed E-state index contributed by atoms with van der Waals surface area (Å²) in [7, 11) is 6.40. The fourth-order valence-corrected chi connectivity index (χ4v) is 4.06. The molecule has 0 aliphatic carbocycles. The second-order valence-electron chi connectivity index (χ2n) is 10.4. The molecule has 4 rings (SSSR count). The summed E-state index contributed by atoms with van der Waals surface area (Å²) in [5, 5.41) is 19.7. The Balaban J connectivity index is 0.000000347. The van der Waals surface area contributed by atoms with Gasteiger partial charge < -0.3 is 29.2 Å². The number of ether oxygens (including phenoxy) is 4. The first-order valence-electron chi connectivity index (χ1n) is 15.4. The van der Waals surface area contributed by atoms with E-state index >= 15 is 0 Å². The normalized spacial score (nSPS) is 11.6. The largest absolute Gasteiger partial charge is 0.508 e. The van der Waals surface area contributed by atoms with E-state index in [-0.39, 0.29) is 42.6 Å². The van der Waals surface area contributed by atoms with Gasteiger partial charge in [0.05, 0.1) is 28.4 Å². The van der Waals surface area contributed by atoms with E-state index < -0.39 is 0 Å². The Morgan fingerprint density at radius 2 is 0.627 bits per heavy atom. The van der Waals surface area contributed by atoms with Crippen molar-refractivity contribution in [2.75, 3.05) is 28.4 Å². The van der Waals surface area contributed by atoms with Gasteiger partial charge in [0.25, 0.3) is 0 Å². The predicted molar refractivity (Wildman–Crippen MR) is 200 cm³/mol. The maximum absolute atomic E-state index is 11.8. The molecule has 0 aliphatic heterocycles. The third-order valence-corrected chi connectivity index (χ3v) is 6.82. The average molecular weight is 738 g/mol. The van der Waals surface area contributed by atoms with Crippen molar-refractivity contribution in [1.82, 2.24) is 0 Å². The molecule has 4 aromatic rings. The van der Waals surface area contributed by atoms with Crippen molar-refractivity contribution in [3.8, 4) is 23.0 Å². The quantitative estimate of drug-likeness (QED) is 0.0572. The first-order chi connectivity index (χ1) is 24.2. The number of rotatable bonds is 14. The zero-order chi connectivity index (χ0) is 36.1. The summed E-state index contributed by atoms with van der Waals surface area (Å²) in [4.78, 5) is 23.7. The number of hydrogen-bond acceptors (Lipinski definition) is 8. The van der Waals surface area contributed by atoms with Crippen LogP contribution in [0.5, 0.6) is 23.0 Å². The summed E-state index contributed by atoms with van der Waals surface area (Å²) in [5.74, 6) is 2.21. The predicted octanol–water partition coefficient (Wildman–Crippen LogP) is 8.88. The van der Waals surface area contributed by atoms with Gasteiger partial charge in [-0.05, 0) is 95.1 Å². The molecule has 0 fully saturated rings. The van der Waals surface area contributed by atoms with Crippen LogP contribution in [0.4, 0.5) is 0 Å². The van der Waals surface area contributed by atoms with Crippen LogP contribution in [-0.2, 0) is 29.1 Å². The topological polar surface area (TPSA) is 112 Å². The van der Waals surface area contributed by atoms with Crippen molar-refractivity contribution in [3.63, 3.8) is 0 Å². The number of benzene rings is 4. The number of hydrogen-bond donors (Lipinski definition) is 2. The third kappa shape index (κ3) is 15.9. The molecule has 0 amide bonds. The Labute approximate surface area is 311 Å². The summed E-state index contributed by atoms with van der Waals surface area (Å²) < 4.78 is 20.3. The molecule has 0 unspecified atom stereocenters. The Bertz CT molecular complexity index is 1710. The standard InChI is InChI=1S/2C21H20O4.Zn/c2*1-24-20-11-5-16(6-12-20)3-9-18(22)15-19(23)10-4-17-7-13-21(25-2)14-8-17;/h2*3-15,22H,1-2H3;/b2*9-3+,10-4+,18-15-;. The summed E-state index contributed by atoms with van der Waals surface area (Å²) in [5.41, 5.74) is 3.52. The summed E-state index contributed by atoms with van der Waals surface area (Å²) in [6.07, 6.45) is 14.9. The first kappa shape index (κ1) is 41.3. The van der Waals surface area contributed by atoms with Gasteiger partial charge in [0.1, 0.15) is 34.5 Å². The van der Waals surface area contributed by atoms with Crippen LogP contribution >= 0.6 is 0 Å². The molecular formula is C42H40O8Zn. The molecular weight excluding hydrogens is 698 g/mol. The van der Waals surface area contributed by atoms with Gasteiger partial charge in [0.2, 0.25) is 0 Å². The average Bonchev–Trinajstić information content (AvgIpc) is 3.15. The zero-order valence-electron chi connectivity index (χ0n) is 29.1. The molecule has 51 heavy (non-hydrogen) atoms. The van der Waals surface area contributed by atoms with Crippen molar-refractivity contribution in [1.29, 1.82) is 0 Å². The van der Waals surface area contributed by atoms with Gasteiger partial charge in [-0.15, -0.1) is 0 Å². The minimum Gasteiger partial charge on any atom is -0.508 e. The zero-order valence-corrected chi connectivity index (χ0v) is 32.0. The van der Waals surface area contributed by atoms with Gasteiger partial charge in [0.15, 0.2) is 11.6 Å². The second kappa shape index (κ2) is 22.7. The molecule has 8 nitrogen and oxygen atoms in total. The summed E-state index contributed by atoms with van der Waals surface area (Å²) >= 11 is 0. The Kier molecular flexibility index (Phi) is 18.3. The minimum atomic E-state index is -0.298. The van der Waals surface area contributed by atoms with E-state index in [1.807, 2.05) is 97.1 Å². The summed E-state index contributed by atoms with van der Waals surface area (Å²) in [6.45, 7) is 0. The van der Waals surface area contributed by atoms with Crippen LogP contribution in [0.3, 0.4) is 0 Å². The van der Waals surface area contributed by atoms with Crippen LogP contribution in [0, 0.1) is 0 Å². The molecule has 0 aromatic heterocycles. The monoisotopic (exact) mass is 736 g/mol. The van der Waals surface area contributed by atoms with Crippen molar-refractivity contribution >= 4 is 35.9 Å². The van der Waals surface area contributed by atoms with Crippen molar-refractivity contribution in [2.45, 2.75) is 0 Å². The minimum absolute atomic E-state index is 0. The number of carbonyl (C=O) groups is 2. The summed E-state index contributed by atoms with van der Waals surface area (Å²) in [6, 6.07) is 29.3. The van der Waals surface area contributed by atoms with Crippen LogP contribution in [-0.4, -0.2) is 50.2 Å². The molecule has 0 bridgehead atoms.